The van der Waals surface area contributed by atoms with E-state index in [2.05, 4.69) is 35.9 Å². The number of nitrogens with two attached hydrogens (primary N) is 1. The highest BCUT2D eigenvalue weighted by Crippen LogP contribution is 2.25. The molecule has 0 saturated heterocycles. The van der Waals surface area contributed by atoms with Crippen LogP contribution in [0.5, 0.6) is 0 Å². The molecule has 2 N–H and O–H groups in total. The van der Waals surface area contributed by atoms with Crippen molar-refractivity contribution < 1.29 is 17.9 Å². The minimum atomic E-state index is -3.51. The number of aryl methyl sites for hydroxylation is 1. The average Bonchev–Trinajstić information content (AvgIpc) is 2.75. The zero-order chi connectivity index (χ0) is 25.1. The fraction of sp³-hybridized carbons (Fsp3) is 0.520. The van der Waals surface area contributed by atoms with Crippen LogP contribution in [0.25, 0.3) is 0 Å². The molecule has 0 unspecified atom stereocenters. The van der Waals surface area contributed by atoms with Gasteiger partial charge in [-0.05, 0) is 68.9 Å². The van der Waals surface area contributed by atoms with E-state index >= 15 is 0 Å². The lowest BCUT2D eigenvalue weighted by Crippen LogP contribution is -2.48. The Morgan fingerprint density at radius 2 is 1.85 bits per heavy atom. The standard InChI is InChI=1S/C25H36N4O4S/c1-18(2)29-12-7-6-9-19-10-8-11-20(13-19)16-25(3,26)24(30)33-17-21-14-22(27-23(29)15-21)28(4)34(5,31)32/h8,10-11,13-15,18H,6-7,9,12,16-17,26H2,1-5H3/t25-/m1/s1. The zero-order valence-electron chi connectivity index (χ0n) is 20.7. The second kappa shape index (κ2) is 10.3. The predicted molar refractivity (Wildman–Crippen MR) is 135 cm³/mol. The molecule has 2 heterocycles. The van der Waals surface area contributed by atoms with E-state index in [0.29, 0.717) is 17.8 Å². The minimum absolute atomic E-state index is 0.0300. The third-order valence-electron chi connectivity index (χ3n) is 6.11. The number of fused-ring (bicyclic) bond motifs is 4. The fourth-order valence-electron chi connectivity index (χ4n) is 4.07. The van der Waals surface area contributed by atoms with Crippen LogP contribution in [0.2, 0.25) is 0 Å². The Morgan fingerprint density at radius 1 is 1.15 bits per heavy atom. The second-order valence-electron chi connectivity index (χ2n) is 9.66. The van der Waals surface area contributed by atoms with Crippen molar-refractivity contribution in [2.24, 2.45) is 5.73 Å². The molecule has 2 aromatic rings. The quantitative estimate of drug-likeness (QED) is 0.662. The molecule has 0 saturated carbocycles. The van der Waals surface area contributed by atoms with Crippen molar-refractivity contribution in [1.29, 1.82) is 0 Å². The molecule has 1 aromatic heterocycles. The Hall–Kier alpha value is -2.65. The lowest BCUT2D eigenvalue weighted by molar-refractivity contribution is -0.150. The largest absolute Gasteiger partial charge is 0.459 e. The number of anilines is 2. The maximum Gasteiger partial charge on any atom is 0.326 e. The molecule has 1 aliphatic rings. The van der Waals surface area contributed by atoms with E-state index in [1.165, 1.54) is 12.6 Å². The monoisotopic (exact) mass is 488 g/mol. The number of hydrogen-bond donors (Lipinski definition) is 1. The van der Waals surface area contributed by atoms with E-state index in [0.717, 1.165) is 41.9 Å². The number of aromatic nitrogens is 1. The van der Waals surface area contributed by atoms with E-state index in [1.807, 2.05) is 18.2 Å². The van der Waals surface area contributed by atoms with Crippen molar-refractivity contribution in [2.75, 3.05) is 29.1 Å². The van der Waals surface area contributed by atoms with Gasteiger partial charge in [0.25, 0.3) is 0 Å². The van der Waals surface area contributed by atoms with E-state index in [1.54, 1.807) is 13.0 Å². The number of cyclic esters (lactones) is 1. The molecule has 1 atom stereocenters. The summed E-state index contributed by atoms with van der Waals surface area (Å²) >= 11 is 0. The van der Waals surface area contributed by atoms with Gasteiger partial charge in [0.15, 0.2) is 0 Å². The van der Waals surface area contributed by atoms with Gasteiger partial charge in [-0.25, -0.2) is 13.4 Å². The molecule has 4 bridgehead atoms. The van der Waals surface area contributed by atoms with Gasteiger partial charge in [-0.2, -0.15) is 0 Å². The van der Waals surface area contributed by atoms with Crippen LogP contribution in [0.1, 0.15) is 50.3 Å². The van der Waals surface area contributed by atoms with Crippen LogP contribution in [0.3, 0.4) is 0 Å². The molecule has 3 rings (SSSR count). The third-order valence-corrected chi connectivity index (χ3v) is 7.29. The van der Waals surface area contributed by atoms with Gasteiger partial charge in [-0.1, -0.05) is 24.3 Å². The topological polar surface area (TPSA) is 106 Å². The SMILES string of the molecule is CC(C)N1CCCCc2cccc(c2)C[C@@](C)(N)C(=O)OCc2cc1nc(N(C)S(C)(=O)=O)c2. The van der Waals surface area contributed by atoms with Gasteiger partial charge in [0.1, 0.15) is 23.8 Å². The number of carbonyl (C=O) groups is 1. The molecular weight excluding hydrogens is 452 g/mol. The molecule has 9 heteroatoms. The van der Waals surface area contributed by atoms with Crippen molar-refractivity contribution in [2.45, 2.75) is 64.6 Å². The highest BCUT2D eigenvalue weighted by molar-refractivity contribution is 7.92. The van der Waals surface area contributed by atoms with Crippen LogP contribution in [0.4, 0.5) is 11.6 Å². The smallest absolute Gasteiger partial charge is 0.326 e. The molecular formula is C25H36N4O4S. The molecule has 186 valence electrons. The number of hydrogen-bond acceptors (Lipinski definition) is 7. The summed E-state index contributed by atoms with van der Waals surface area (Å²) in [5.74, 6) is 0.420. The van der Waals surface area contributed by atoms with Crippen LogP contribution in [0.15, 0.2) is 36.4 Å². The molecule has 8 nitrogen and oxygen atoms in total. The summed E-state index contributed by atoms with van der Waals surface area (Å²) in [7, 11) is -2.05. The normalized spacial score (nSPS) is 20.2. The van der Waals surface area contributed by atoms with Crippen molar-refractivity contribution in [3.63, 3.8) is 0 Å². The molecule has 0 radical (unpaired) electrons. The van der Waals surface area contributed by atoms with Crippen LogP contribution >= 0.6 is 0 Å². The Morgan fingerprint density at radius 3 is 2.53 bits per heavy atom. The lowest BCUT2D eigenvalue weighted by atomic mass is 9.92. The first-order valence-electron chi connectivity index (χ1n) is 11.6. The average molecular weight is 489 g/mol. The summed E-state index contributed by atoms with van der Waals surface area (Å²) in [6, 6.07) is 11.8. The first-order chi connectivity index (χ1) is 15.9. The summed E-state index contributed by atoms with van der Waals surface area (Å²) < 4.78 is 31.1. The summed E-state index contributed by atoms with van der Waals surface area (Å²) in [6.07, 6.45) is 4.36. The molecule has 0 spiro atoms. The molecule has 1 aliphatic heterocycles. The number of pyridine rings is 1. The lowest BCUT2D eigenvalue weighted by Gasteiger charge is -2.30. The predicted octanol–water partition coefficient (Wildman–Crippen LogP) is 3.03. The summed E-state index contributed by atoms with van der Waals surface area (Å²) in [6.45, 7) is 6.58. The number of sulfonamides is 1. The van der Waals surface area contributed by atoms with Crippen LogP contribution in [-0.4, -0.2) is 50.8 Å². The van der Waals surface area contributed by atoms with Crippen LogP contribution in [-0.2, 0) is 39.0 Å². The first kappa shape index (κ1) is 26.0. The second-order valence-corrected chi connectivity index (χ2v) is 11.7. The maximum absolute atomic E-state index is 12.9. The molecule has 34 heavy (non-hydrogen) atoms. The van der Waals surface area contributed by atoms with Gasteiger partial charge >= 0.3 is 5.97 Å². The van der Waals surface area contributed by atoms with Gasteiger partial charge in [-0.3, -0.25) is 9.10 Å². The number of esters is 1. The summed E-state index contributed by atoms with van der Waals surface area (Å²) in [5, 5.41) is 0. The highest BCUT2D eigenvalue weighted by Gasteiger charge is 2.31. The Bertz CT molecular complexity index is 1130. The Kier molecular flexibility index (Phi) is 7.88. The van der Waals surface area contributed by atoms with E-state index in [-0.39, 0.29) is 18.5 Å². The van der Waals surface area contributed by atoms with E-state index in [4.69, 9.17) is 10.5 Å². The van der Waals surface area contributed by atoms with Gasteiger partial charge in [0, 0.05) is 26.1 Å². The summed E-state index contributed by atoms with van der Waals surface area (Å²) in [4.78, 5) is 19.7. The van der Waals surface area contributed by atoms with Gasteiger partial charge in [0.2, 0.25) is 10.0 Å². The Balaban J connectivity index is 2.02. The van der Waals surface area contributed by atoms with Gasteiger partial charge in [-0.15, -0.1) is 0 Å². The number of nitrogens with zero attached hydrogens (tertiary/aromatic N) is 3. The molecule has 0 aliphatic carbocycles. The van der Waals surface area contributed by atoms with Crippen molar-refractivity contribution in [1.82, 2.24) is 4.98 Å². The van der Waals surface area contributed by atoms with Crippen molar-refractivity contribution in [3.8, 4) is 0 Å². The first-order valence-corrected chi connectivity index (χ1v) is 13.5. The number of ether oxygens (including phenoxy) is 1. The molecule has 0 fully saturated rings. The zero-order valence-corrected chi connectivity index (χ0v) is 21.6. The van der Waals surface area contributed by atoms with Crippen molar-refractivity contribution in [3.05, 3.63) is 53.1 Å². The highest BCUT2D eigenvalue weighted by atomic mass is 32.2. The number of benzene rings is 1. The molecule has 0 amide bonds. The number of rotatable bonds is 3. The van der Waals surface area contributed by atoms with E-state index < -0.39 is 21.5 Å². The minimum Gasteiger partial charge on any atom is -0.459 e. The van der Waals surface area contributed by atoms with Crippen molar-refractivity contribution >= 4 is 27.6 Å². The Labute approximate surface area is 203 Å². The number of carbonyl (C=O) groups excluding carboxylic acids is 1. The third kappa shape index (κ3) is 6.48. The summed E-state index contributed by atoms with van der Waals surface area (Å²) in [5.41, 5.74) is 8.03. The van der Waals surface area contributed by atoms with Gasteiger partial charge < -0.3 is 15.4 Å². The maximum atomic E-state index is 12.9. The van der Waals surface area contributed by atoms with Crippen LogP contribution in [0, 0.1) is 0 Å². The fourth-order valence-corrected chi connectivity index (χ4v) is 4.50. The molecule has 1 aromatic carbocycles. The van der Waals surface area contributed by atoms with Crippen LogP contribution < -0.4 is 14.9 Å². The van der Waals surface area contributed by atoms with E-state index in [9.17, 15) is 13.2 Å². The van der Waals surface area contributed by atoms with Gasteiger partial charge in [0.05, 0.1) is 6.26 Å².